The number of rotatable bonds is 5. The first kappa shape index (κ1) is 13.7. The van der Waals surface area contributed by atoms with E-state index in [1.807, 2.05) is 25.1 Å². The van der Waals surface area contributed by atoms with Gasteiger partial charge in [-0.2, -0.15) is 0 Å². The molecule has 0 radical (unpaired) electrons. The molecular formula is C14H20N2O3. The topological polar surface area (TPSA) is 61.8 Å². The van der Waals surface area contributed by atoms with E-state index >= 15 is 0 Å². The van der Waals surface area contributed by atoms with Crippen molar-refractivity contribution in [2.75, 3.05) is 26.2 Å². The Morgan fingerprint density at radius 2 is 2.32 bits per heavy atom. The van der Waals surface area contributed by atoms with Crippen LogP contribution < -0.4 is 10.1 Å². The number of carbonyl (C=O) groups excluding carboxylic acids is 1. The molecule has 2 N–H and O–H groups in total. The Balaban J connectivity index is 1.87. The lowest BCUT2D eigenvalue weighted by atomic mass is 10.1. The van der Waals surface area contributed by atoms with E-state index in [-0.39, 0.29) is 6.03 Å². The zero-order valence-electron chi connectivity index (χ0n) is 11.3. The van der Waals surface area contributed by atoms with Crippen molar-refractivity contribution >= 4 is 6.03 Å². The largest absolute Gasteiger partial charge is 0.491 e. The number of hydrogen-bond acceptors (Lipinski definition) is 3. The van der Waals surface area contributed by atoms with Gasteiger partial charge >= 0.3 is 6.03 Å². The van der Waals surface area contributed by atoms with Crippen molar-refractivity contribution < 1.29 is 14.6 Å². The average molecular weight is 264 g/mol. The molecule has 0 bridgehead atoms. The van der Waals surface area contributed by atoms with Gasteiger partial charge in [-0.15, -0.1) is 0 Å². The minimum atomic E-state index is -0.471. The second kappa shape index (κ2) is 5.93. The lowest BCUT2D eigenvalue weighted by molar-refractivity contribution is 0.197. The lowest BCUT2D eigenvalue weighted by Crippen LogP contribution is -2.31. The molecule has 2 amide bonds. The molecule has 0 aromatic heterocycles. The Bertz CT molecular complexity index is 460. The molecule has 0 saturated carbocycles. The molecule has 1 saturated heterocycles. The summed E-state index contributed by atoms with van der Waals surface area (Å²) < 4.78 is 5.68. The van der Waals surface area contributed by atoms with Crippen LogP contribution in [-0.2, 0) is 0 Å². The van der Waals surface area contributed by atoms with E-state index in [0.717, 1.165) is 23.4 Å². The number of amides is 2. The van der Waals surface area contributed by atoms with Gasteiger partial charge in [0.15, 0.2) is 0 Å². The lowest BCUT2D eigenvalue weighted by Gasteiger charge is -2.16. The number of urea groups is 1. The van der Waals surface area contributed by atoms with Gasteiger partial charge in [-0.05, 0) is 37.1 Å². The third kappa shape index (κ3) is 3.38. The van der Waals surface area contributed by atoms with Gasteiger partial charge in [-0.25, -0.2) is 4.79 Å². The third-order valence-corrected chi connectivity index (χ3v) is 3.25. The molecule has 1 aromatic carbocycles. The first-order chi connectivity index (χ1) is 9.08. The van der Waals surface area contributed by atoms with Gasteiger partial charge in [0.2, 0.25) is 0 Å². The van der Waals surface area contributed by atoms with E-state index in [4.69, 9.17) is 4.74 Å². The quantitative estimate of drug-likeness (QED) is 0.846. The Hall–Kier alpha value is -1.75. The van der Waals surface area contributed by atoms with E-state index in [1.165, 1.54) is 0 Å². The number of carbonyl (C=O) groups is 1. The van der Waals surface area contributed by atoms with Crippen molar-refractivity contribution in [3.05, 3.63) is 29.3 Å². The SMILES string of the molecule is Cc1cc(C(C)O)ccc1OCCN1CCNC1=O. The molecule has 104 valence electrons. The van der Waals surface area contributed by atoms with Crippen molar-refractivity contribution in [3.63, 3.8) is 0 Å². The van der Waals surface area contributed by atoms with Crippen LogP contribution in [0.4, 0.5) is 4.79 Å². The molecule has 1 aromatic rings. The number of nitrogens with one attached hydrogen (secondary N) is 1. The van der Waals surface area contributed by atoms with Crippen molar-refractivity contribution in [1.29, 1.82) is 0 Å². The molecule has 1 heterocycles. The van der Waals surface area contributed by atoms with E-state index in [9.17, 15) is 9.90 Å². The van der Waals surface area contributed by atoms with Crippen LogP contribution >= 0.6 is 0 Å². The van der Waals surface area contributed by atoms with Crippen LogP contribution in [0.2, 0.25) is 0 Å². The second-order valence-corrected chi connectivity index (χ2v) is 4.77. The van der Waals surface area contributed by atoms with Gasteiger partial charge in [0, 0.05) is 13.1 Å². The summed E-state index contributed by atoms with van der Waals surface area (Å²) in [6, 6.07) is 5.62. The first-order valence-electron chi connectivity index (χ1n) is 6.52. The highest BCUT2D eigenvalue weighted by Gasteiger charge is 2.18. The molecule has 1 fully saturated rings. The summed E-state index contributed by atoms with van der Waals surface area (Å²) in [7, 11) is 0. The van der Waals surface area contributed by atoms with Gasteiger partial charge in [-0.3, -0.25) is 0 Å². The fourth-order valence-corrected chi connectivity index (χ4v) is 2.08. The molecule has 19 heavy (non-hydrogen) atoms. The normalized spacial score (nSPS) is 16.4. The fourth-order valence-electron chi connectivity index (χ4n) is 2.08. The predicted molar refractivity (Wildman–Crippen MR) is 72.3 cm³/mol. The van der Waals surface area contributed by atoms with Crippen molar-refractivity contribution in [2.24, 2.45) is 0 Å². The molecule has 1 unspecified atom stereocenters. The maximum atomic E-state index is 11.3. The van der Waals surface area contributed by atoms with Gasteiger partial charge < -0.3 is 20.1 Å². The van der Waals surface area contributed by atoms with Crippen LogP contribution in [0.5, 0.6) is 5.75 Å². The first-order valence-corrected chi connectivity index (χ1v) is 6.52. The van der Waals surface area contributed by atoms with Gasteiger partial charge in [0.05, 0.1) is 12.6 Å². The molecule has 1 aliphatic rings. The monoisotopic (exact) mass is 264 g/mol. The van der Waals surface area contributed by atoms with Crippen molar-refractivity contribution in [1.82, 2.24) is 10.2 Å². The number of benzene rings is 1. The van der Waals surface area contributed by atoms with Crippen LogP contribution in [0.15, 0.2) is 18.2 Å². The van der Waals surface area contributed by atoms with Gasteiger partial charge in [-0.1, -0.05) is 6.07 Å². The summed E-state index contributed by atoms with van der Waals surface area (Å²) in [4.78, 5) is 13.1. The molecule has 5 nitrogen and oxygen atoms in total. The number of hydrogen-bond donors (Lipinski definition) is 2. The maximum Gasteiger partial charge on any atom is 0.317 e. The molecular weight excluding hydrogens is 244 g/mol. The highest BCUT2D eigenvalue weighted by molar-refractivity contribution is 5.76. The van der Waals surface area contributed by atoms with Crippen LogP contribution in [0.3, 0.4) is 0 Å². The molecule has 0 aliphatic carbocycles. The third-order valence-electron chi connectivity index (χ3n) is 3.25. The Morgan fingerprint density at radius 3 is 2.89 bits per heavy atom. The Kier molecular flexibility index (Phi) is 4.27. The van der Waals surface area contributed by atoms with Crippen LogP contribution in [0.1, 0.15) is 24.2 Å². The summed E-state index contributed by atoms with van der Waals surface area (Å²) in [6.45, 7) is 6.19. The highest BCUT2D eigenvalue weighted by Crippen LogP contribution is 2.22. The molecule has 1 aliphatic heterocycles. The Morgan fingerprint density at radius 1 is 1.53 bits per heavy atom. The van der Waals surface area contributed by atoms with Crippen LogP contribution in [0.25, 0.3) is 0 Å². The van der Waals surface area contributed by atoms with E-state index in [0.29, 0.717) is 19.7 Å². The molecule has 5 heteroatoms. The number of aryl methyl sites for hydroxylation is 1. The number of nitrogens with zero attached hydrogens (tertiary/aromatic N) is 1. The van der Waals surface area contributed by atoms with E-state index in [2.05, 4.69) is 5.32 Å². The number of aliphatic hydroxyl groups is 1. The van der Waals surface area contributed by atoms with Crippen molar-refractivity contribution in [3.8, 4) is 5.75 Å². The number of ether oxygens (including phenoxy) is 1. The highest BCUT2D eigenvalue weighted by atomic mass is 16.5. The van der Waals surface area contributed by atoms with Crippen LogP contribution in [-0.4, -0.2) is 42.3 Å². The van der Waals surface area contributed by atoms with Crippen molar-refractivity contribution in [2.45, 2.75) is 20.0 Å². The summed E-state index contributed by atoms with van der Waals surface area (Å²) in [6.07, 6.45) is -0.471. The fraction of sp³-hybridized carbons (Fsp3) is 0.500. The Labute approximate surface area is 113 Å². The van der Waals surface area contributed by atoms with E-state index < -0.39 is 6.10 Å². The molecule has 2 rings (SSSR count). The smallest absolute Gasteiger partial charge is 0.317 e. The molecule has 1 atom stereocenters. The molecule has 0 spiro atoms. The minimum Gasteiger partial charge on any atom is -0.491 e. The van der Waals surface area contributed by atoms with Crippen LogP contribution in [0, 0.1) is 6.92 Å². The van der Waals surface area contributed by atoms with E-state index in [1.54, 1.807) is 11.8 Å². The predicted octanol–water partition coefficient (Wildman–Crippen LogP) is 1.45. The summed E-state index contributed by atoms with van der Waals surface area (Å²) in [5, 5.41) is 12.2. The van der Waals surface area contributed by atoms with Gasteiger partial charge in [0.1, 0.15) is 12.4 Å². The summed E-state index contributed by atoms with van der Waals surface area (Å²) in [5.74, 6) is 0.795. The summed E-state index contributed by atoms with van der Waals surface area (Å²) in [5.41, 5.74) is 1.87. The van der Waals surface area contributed by atoms with Gasteiger partial charge in [0.25, 0.3) is 0 Å². The standard InChI is InChI=1S/C14H20N2O3/c1-10-9-12(11(2)17)3-4-13(10)19-8-7-16-6-5-15-14(16)18/h3-4,9,11,17H,5-8H2,1-2H3,(H,15,18). The summed E-state index contributed by atoms with van der Waals surface area (Å²) >= 11 is 0. The zero-order valence-corrected chi connectivity index (χ0v) is 11.3. The number of aliphatic hydroxyl groups excluding tert-OH is 1. The maximum absolute atomic E-state index is 11.3. The minimum absolute atomic E-state index is 0.0234. The second-order valence-electron chi connectivity index (χ2n) is 4.77. The average Bonchev–Trinajstić information content (AvgIpc) is 2.77. The zero-order chi connectivity index (χ0) is 13.8.